The Bertz CT molecular complexity index is 847. The van der Waals surface area contributed by atoms with Crippen molar-refractivity contribution in [3.05, 3.63) is 42.0 Å². The molecule has 0 bridgehead atoms. The number of nitrogens with zero attached hydrogens (tertiary/aromatic N) is 1. The Labute approximate surface area is 211 Å². The second kappa shape index (κ2) is 14.5. The van der Waals surface area contributed by atoms with Crippen LogP contribution in [0, 0.1) is 5.92 Å². The minimum atomic E-state index is -0.832. The number of nitrogens with one attached hydrogen (secondary N) is 2. The number of likely N-dealkylation sites (N-methyl/N-ethyl adjacent to an activating group) is 1. The number of carbonyl (C=O) groups is 3. The fourth-order valence-corrected chi connectivity index (χ4v) is 3.77. The Balaban J connectivity index is 3.35. The van der Waals surface area contributed by atoms with E-state index in [0.717, 1.165) is 24.8 Å². The van der Waals surface area contributed by atoms with Crippen LogP contribution in [-0.2, 0) is 14.3 Å². The number of amides is 3. The zero-order chi connectivity index (χ0) is 26.6. The molecule has 1 rings (SSSR count). The van der Waals surface area contributed by atoms with Gasteiger partial charge in [0.2, 0.25) is 11.8 Å². The van der Waals surface area contributed by atoms with Crippen LogP contribution in [0.4, 0.5) is 4.79 Å². The number of hydrogen-bond donors (Lipinski definition) is 2. The molecule has 1 aromatic carbocycles. The number of rotatable bonds is 13. The number of ether oxygens (including phenoxy) is 1. The van der Waals surface area contributed by atoms with Gasteiger partial charge in [-0.25, -0.2) is 4.79 Å². The molecule has 3 amide bonds. The van der Waals surface area contributed by atoms with Gasteiger partial charge in [-0.05, 0) is 57.2 Å². The minimum Gasteiger partial charge on any atom is -0.444 e. The second-order valence-electron chi connectivity index (χ2n) is 9.91. The van der Waals surface area contributed by atoms with Gasteiger partial charge in [0, 0.05) is 13.1 Å². The molecule has 7 heteroatoms. The van der Waals surface area contributed by atoms with Crippen LogP contribution >= 0.6 is 0 Å². The number of benzene rings is 1. The molecule has 3 atom stereocenters. The molecule has 0 aromatic heterocycles. The van der Waals surface area contributed by atoms with Gasteiger partial charge in [-0.1, -0.05) is 70.9 Å². The molecule has 3 unspecified atom stereocenters. The van der Waals surface area contributed by atoms with Gasteiger partial charge < -0.3 is 20.3 Å². The first kappa shape index (κ1) is 30.2. The highest BCUT2D eigenvalue weighted by Gasteiger charge is 2.37. The fourth-order valence-electron chi connectivity index (χ4n) is 3.77. The highest BCUT2D eigenvalue weighted by Crippen LogP contribution is 2.25. The van der Waals surface area contributed by atoms with Crippen molar-refractivity contribution in [2.24, 2.45) is 5.92 Å². The zero-order valence-corrected chi connectivity index (χ0v) is 22.6. The van der Waals surface area contributed by atoms with Crippen molar-refractivity contribution in [1.82, 2.24) is 15.5 Å². The summed E-state index contributed by atoms with van der Waals surface area (Å²) in [6, 6.07) is 5.82. The van der Waals surface area contributed by atoms with Crippen LogP contribution in [0.1, 0.15) is 91.3 Å². The molecule has 1 aromatic rings. The third-order valence-electron chi connectivity index (χ3n) is 5.88. The summed E-state index contributed by atoms with van der Waals surface area (Å²) >= 11 is 0. The molecule has 0 spiro atoms. The van der Waals surface area contributed by atoms with Gasteiger partial charge in [-0.3, -0.25) is 9.59 Å². The summed E-state index contributed by atoms with van der Waals surface area (Å²) in [7, 11) is 0. The van der Waals surface area contributed by atoms with Gasteiger partial charge in [-0.2, -0.15) is 0 Å². The van der Waals surface area contributed by atoms with Gasteiger partial charge in [-0.15, -0.1) is 0 Å². The van der Waals surface area contributed by atoms with Gasteiger partial charge in [0.1, 0.15) is 17.7 Å². The van der Waals surface area contributed by atoms with E-state index >= 15 is 0 Å². The summed E-state index contributed by atoms with van der Waals surface area (Å²) in [6.07, 6.45) is 4.67. The first-order chi connectivity index (χ1) is 16.5. The van der Waals surface area contributed by atoms with E-state index in [9.17, 15) is 14.4 Å². The van der Waals surface area contributed by atoms with Crippen LogP contribution < -0.4 is 10.6 Å². The maximum absolute atomic E-state index is 13.9. The average Bonchev–Trinajstić information content (AvgIpc) is 2.81. The predicted molar refractivity (Wildman–Crippen MR) is 142 cm³/mol. The van der Waals surface area contributed by atoms with Crippen LogP contribution in [0.3, 0.4) is 0 Å². The Hall–Kier alpha value is -2.83. The monoisotopic (exact) mass is 487 g/mol. The highest BCUT2D eigenvalue weighted by atomic mass is 16.6. The van der Waals surface area contributed by atoms with Crippen molar-refractivity contribution in [2.45, 2.75) is 91.8 Å². The SMILES string of the molecule is C=Cc1cccc(C(C(=O)NCCCCC)N(CC)C(=O)C(NC(=O)OC(C)(C)C)C(C)CC)c1. The third kappa shape index (κ3) is 9.74. The molecule has 0 aliphatic heterocycles. The predicted octanol–water partition coefficient (Wildman–Crippen LogP) is 5.47. The van der Waals surface area contributed by atoms with Crippen LogP contribution in [0.5, 0.6) is 0 Å². The summed E-state index contributed by atoms with van der Waals surface area (Å²) in [5.74, 6) is -0.708. The summed E-state index contributed by atoms with van der Waals surface area (Å²) in [5, 5.41) is 5.77. The number of alkyl carbamates (subject to hydrolysis) is 1. The smallest absolute Gasteiger partial charge is 0.408 e. The molecule has 0 fully saturated rings. The minimum absolute atomic E-state index is 0.156. The Morgan fingerprint density at radius 1 is 1.14 bits per heavy atom. The first-order valence-electron chi connectivity index (χ1n) is 12.8. The van der Waals surface area contributed by atoms with Crippen LogP contribution in [0.25, 0.3) is 6.08 Å². The summed E-state index contributed by atoms with van der Waals surface area (Å²) in [4.78, 5) is 41.4. The van der Waals surface area contributed by atoms with Crippen LogP contribution in [0.2, 0.25) is 0 Å². The van der Waals surface area contributed by atoms with Crippen molar-refractivity contribution in [3.63, 3.8) is 0 Å². The molecular formula is C28H45N3O4. The van der Waals surface area contributed by atoms with Crippen LogP contribution in [-0.4, -0.2) is 47.5 Å². The number of carbonyl (C=O) groups excluding carboxylic acids is 3. The molecule has 0 saturated heterocycles. The summed E-state index contributed by atoms with van der Waals surface area (Å²) < 4.78 is 5.41. The van der Waals surface area contributed by atoms with Gasteiger partial charge in [0.25, 0.3) is 0 Å². The molecule has 0 radical (unpaired) electrons. The highest BCUT2D eigenvalue weighted by molar-refractivity contribution is 5.92. The van der Waals surface area contributed by atoms with Crippen molar-refractivity contribution in [3.8, 4) is 0 Å². The van der Waals surface area contributed by atoms with E-state index in [-0.39, 0.29) is 17.7 Å². The molecule has 0 heterocycles. The lowest BCUT2D eigenvalue weighted by Gasteiger charge is -2.35. The summed E-state index contributed by atoms with van der Waals surface area (Å²) in [6.45, 7) is 17.8. The van der Waals surface area contributed by atoms with Gasteiger partial charge in [0.15, 0.2) is 0 Å². The molecule has 0 aliphatic carbocycles. The topological polar surface area (TPSA) is 87.7 Å². The van der Waals surface area contributed by atoms with E-state index in [0.29, 0.717) is 25.1 Å². The van der Waals surface area contributed by atoms with E-state index in [1.165, 1.54) is 0 Å². The lowest BCUT2D eigenvalue weighted by atomic mass is 9.95. The van der Waals surface area contributed by atoms with E-state index in [2.05, 4.69) is 24.1 Å². The van der Waals surface area contributed by atoms with Crippen molar-refractivity contribution >= 4 is 24.0 Å². The molecule has 196 valence electrons. The molecule has 2 N–H and O–H groups in total. The fraction of sp³-hybridized carbons (Fsp3) is 0.607. The maximum atomic E-state index is 13.9. The van der Waals surface area contributed by atoms with Crippen LogP contribution in [0.15, 0.2) is 30.8 Å². The zero-order valence-electron chi connectivity index (χ0n) is 22.6. The standard InChI is InChI=1S/C28H45N3O4/c1-9-13-14-18-29-25(32)24(22-17-15-16-21(11-3)19-22)31(12-4)26(33)23(20(5)10-2)30-27(34)35-28(6,7)8/h11,15-17,19-20,23-24H,3,9-10,12-14,18H2,1-2,4-8H3,(H,29,32)(H,30,34). The quantitative estimate of drug-likeness (QED) is 0.361. The molecular weight excluding hydrogens is 442 g/mol. The van der Waals surface area contributed by atoms with E-state index < -0.39 is 23.8 Å². The van der Waals surface area contributed by atoms with E-state index in [1.54, 1.807) is 31.7 Å². The molecule has 0 saturated carbocycles. The second-order valence-corrected chi connectivity index (χ2v) is 9.91. The summed E-state index contributed by atoms with van der Waals surface area (Å²) in [5.41, 5.74) is 0.870. The first-order valence-corrected chi connectivity index (χ1v) is 12.8. The molecule has 35 heavy (non-hydrogen) atoms. The Morgan fingerprint density at radius 3 is 2.37 bits per heavy atom. The lowest BCUT2D eigenvalue weighted by molar-refractivity contribution is -0.143. The third-order valence-corrected chi connectivity index (χ3v) is 5.88. The molecule has 0 aliphatic rings. The van der Waals surface area contributed by atoms with E-state index in [4.69, 9.17) is 4.74 Å². The lowest BCUT2D eigenvalue weighted by Crippen LogP contribution is -2.55. The normalized spacial score (nSPS) is 13.8. The van der Waals surface area contributed by atoms with Crippen molar-refractivity contribution in [1.29, 1.82) is 0 Å². The maximum Gasteiger partial charge on any atom is 0.408 e. The largest absolute Gasteiger partial charge is 0.444 e. The Kier molecular flexibility index (Phi) is 12.5. The van der Waals surface area contributed by atoms with Crippen molar-refractivity contribution in [2.75, 3.05) is 13.1 Å². The average molecular weight is 488 g/mol. The molecule has 7 nitrogen and oxygen atoms in total. The van der Waals surface area contributed by atoms with Gasteiger partial charge >= 0.3 is 6.09 Å². The Morgan fingerprint density at radius 2 is 1.83 bits per heavy atom. The number of hydrogen-bond acceptors (Lipinski definition) is 4. The number of unbranched alkanes of at least 4 members (excludes halogenated alkanes) is 2. The van der Waals surface area contributed by atoms with Gasteiger partial charge in [0.05, 0.1) is 0 Å². The van der Waals surface area contributed by atoms with Crippen molar-refractivity contribution < 1.29 is 19.1 Å². The van der Waals surface area contributed by atoms with E-state index in [1.807, 2.05) is 45.0 Å².